The lowest BCUT2D eigenvalue weighted by atomic mass is 9.99. The molecule has 1 atom stereocenters. The molecule has 0 N–H and O–H groups in total. The highest BCUT2D eigenvalue weighted by Crippen LogP contribution is 2.29. The van der Waals surface area contributed by atoms with Crippen LogP contribution >= 0.6 is 11.6 Å². The van der Waals surface area contributed by atoms with Crippen molar-refractivity contribution in [3.63, 3.8) is 0 Å². The van der Waals surface area contributed by atoms with Crippen LogP contribution in [0.25, 0.3) is 0 Å². The lowest BCUT2D eigenvalue weighted by Gasteiger charge is -2.15. The van der Waals surface area contributed by atoms with Gasteiger partial charge < -0.3 is 0 Å². The minimum atomic E-state index is 0.599. The quantitative estimate of drug-likeness (QED) is 0.858. The van der Waals surface area contributed by atoms with Crippen LogP contribution in [0.3, 0.4) is 0 Å². The van der Waals surface area contributed by atoms with Gasteiger partial charge in [-0.2, -0.15) is 5.10 Å². The summed E-state index contributed by atoms with van der Waals surface area (Å²) in [6, 6.07) is 10.4. The molecule has 0 radical (unpaired) electrons. The number of aromatic nitrogens is 2. The van der Waals surface area contributed by atoms with Gasteiger partial charge in [0.15, 0.2) is 0 Å². The van der Waals surface area contributed by atoms with Gasteiger partial charge in [-0.25, -0.2) is 0 Å². The molecular formula is C16H20ClN3. The van der Waals surface area contributed by atoms with E-state index in [2.05, 4.69) is 41.3 Å². The van der Waals surface area contributed by atoms with E-state index in [-0.39, 0.29) is 0 Å². The molecule has 20 heavy (non-hydrogen) atoms. The molecule has 0 bridgehead atoms. The number of likely N-dealkylation sites (tertiary alicyclic amines) is 1. The van der Waals surface area contributed by atoms with Crippen molar-refractivity contribution in [1.29, 1.82) is 0 Å². The fourth-order valence-electron chi connectivity index (χ4n) is 2.90. The van der Waals surface area contributed by atoms with Gasteiger partial charge >= 0.3 is 0 Å². The Labute approximate surface area is 125 Å². The number of hydrogen-bond acceptors (Lipinski definition) is 2. The molecule has 2 aromatic rings. The maximum absolute atomic E-state index is 6.08. The standard InChI is InChI=1S/C16H20ClN3/c1-2-20-9-7-16(18-20)12-19-8-6-14(11-19)13-4-3-5-15(17)10-13/h3-5,7,9-10,14H,2,6,8,11-12H2,1H3. The van der Waals surface area contributed by atoms with Crippen molar-refractivity contribution < 1.29 is 0 Å². The van der Waals surface area contributed by atoms with Crippen molar-refractivity contribution >= 4 is 11.6 Å². The van der Waals surface area contributed by atoms with Crippen molar-refractivity contribution in [2.24, 2.45) is 0 Å². The van der Waals surface area contributed by atoms with Crippen LogP contribution in [0.15, 0.2) is 36.5 Å². The van der Waals surface area contributed by atoms with E-state index < -0.39 is 0 Å². The summed E-state index contributed by atoms with van der Waals surface area (Å²) in [5.74, 6) is 0.599. The van der Waals surface area contributed by atoms with Crippen molar-refractivity contribution in [2.45, 2.75) is 32.4 Å². The molecule has 1 unspecified atom stereocenters. The third-order valence-electron chi connectivity index (χ3n) is 4.00. The third-order valence-corrected chi connectivity index (χ3v) is 4.23. The molecule has 0 amide bonds. The van der Waals surface area contributed by atoms with Crippen LogP contribution in [0, 0.1) is 0 Å². The summed E-state index contributed by atoms with van der Waals surface area (Å²) in [6.07, 6.45) is 3.26. The largest absolute Gasteiger partial charge is 0.297 e. The summed E-state index contributed by atoms with van der Waals surface area (Å²) in [6.45, 7) is 6.23. The Balaban J connectivity index is 1.62. The van der Waals surface area contributed by atoms with Gasteiger partial charge in [-0.1, -0.05) is 23.7 Å². The molecule has 3 nitrogen and oxygen atoms in total. The Morgan fingerprint density at radius 3 is 3.00 bits per heavy atom. The highest BCUT2D eigenvalue weighted by molar-refractivity contribution is 6.30. The van der Waals surface area contributed by atoms with Crippen LogP contribution in [-0.2, 0) is 13.1 Å². The third kappa shape index (κ3) is 3.05. The summed E-state index contributed by atoms with van der Waals surface area (Å²) in [4.78, 5) is 2.48. The maximum Gasteiger partial charge on any atom is 0.0764 e. The molecule has 1 aromatic carbocycles. The molecule has 3 rings (SSSR count). The average molecular weight is 290 g/mol. The van der Waals surface area contributed by atoms with Crippen molar-refractivity contribution in [2.75, 3.05) is 13.1 Å². The molecule has 1 fully saturated rings. The molecule has 0 spiro atoms. The van der Waals surface area contributed by atoms with Gasteiger partial charge in [0.05, 0.1) is 5.69 Å². The second-order valence-electron chi connectivity index (χ2n) is 5.44. The fourth-order valence-corrected chi connectivity index (χ4v) is 3.10. The minimum Gasteiger partial charge on any atom is -0.297 e. The van der Waals surface area contributed by atoms with E-state index in [1.165, 1.54) is 17.7 Å². The lowest BCUT2D eigenvalue weighted by Crippen LogP contribution is -2.20. The number of hydrogen-bond donors (Lipinski definition) is 0. The topological polar surface area (TPSA) is 21.1 Å². The zero-order chi connectivity index (χ0) is 13.9. The van der Waals surface area contributed by atoms with Crippen LogP contribution in [0.5, 0.6) is 0 Å². The van der Waals surface area contributed by atoms with Gasteiger partial charge in [0, 0.05) is 30.9 Å². The first-order valence-electron chi connectivity index (χ1n) is 7.24. The predicted octanol–water partition coefficient (Wildman–Crippen LogP) is 3.55. The SMILES string of the molecule is CCn1ccc(CN2CCC(c3cccc(Cl)c3)C2)n1. The lowest BCUT2D eigenvalue weighted by molar-refractivity contribution is 0.321. The molecule has 0 aliphatic carbocycles. The maximum atomic E-state index is 6.08. The predicted molar refractivity (Wildman–Crippen MR) is 82.0 cm³/mol. The zero-order valence-electron chi connectivity index (χ0n) is 11.8. The van der Waals surface area contributed by atoms with E-state index >= 15 is 0 Å². The summed E-state index contributed by atoms with van der Waals surface area (Å²) < 4.78 is 1.99. The highest BCUT2D eigenvalue weighted by Gasteiger charge is 2.24. The Morgan fingerprint density at radius 1 is 1.35 bits per heavy atom. The second-order valence-corrected chi connectivity index (χ2v) is 5.87. The van der Waals surface area contributed by atoms with Crippen LogP contribution in [0.2, 0.25) is 5.02 Å². The van der Waals surface area contributed by atoms with E-state index in [9.17, 15) is 0 Å². The Kier molecular flexibility index (Phi) is 4.08. The normalized spacial score (nSPS) is 19.6. The van der Waals surface area contributed by atoms with Crippen LogP contribution < -0.4 is 0 Å². The van der Waals surface area contributed by atoms with Gasteiger partial charge in [-0.15, -0.1) is 0 Å². The van der Waals surface area contributed by atoms with E-state index in [0.29, 0.717) is 5.92 Å². The molecule has 106 valence electrons. The summed E-state index contributed by atoms with van der Waals surface area (Å²) in [5, 5.41) is 5.39. The van der Waals surface area contributed by atoms with E-state index in [0.717, 1.165) is 31.2 Å². The molecule has 1 aliphatic heterocycles. The molecule has 0 saturated carbocycles. The number of aryl methyl sites for hydroxylation is 1. The van der Waals surface area contributed by atoms with Gasteiger partial charge in [0.25, 0.3) is 0 Å². The second kappa shape index (κ2) is 5.98. The molecule has 1 aromatic heterocycles. The van der Waals surface area contributed by atoms with Gasteiger partial charge in [0.2, 0.25) is 0 Å². The first-order valence-corrected chi connectivity index (χ1v) is 7.62. The van der Waals surface area contributed by atoms with Crippen molar-refractivity contribution in [1.82, 2.24) is 14.7 Å². The Hall–Kier alpha value is -1.32. The summed E-state index contributed by atoms with van der Waals surface area (Å²) in [7, 11) is 0. The monoisotopic (exact) mass is 289 g/mol. The Bertz CT molecular complexity index is 579. The summed E-state index contributed by atoms with van der Waals surface area (Å²) >= 11 is 6.08. The van der Waals surface area contributed by atoms with Crippen LogP contribution in [0.4, 0.5) is 0 Å². The summed E-state index contributed by atoms with van der Waals surface area (Å²) in [5.41, 5.74) is 2.53. The number of halogens is 1. The van der Waals surface area contributed by atoms with E-state index in [4.69, 9.17) is 11.6 Å². The van der Waals surface area contributed by atoms with E-state index in [1.807, 2.05) is 16.8 Å². The minimum absolute atomic E-state index is 0.599. The highest BCUT2D eigenvalue weighted by atomic mass is 35.5. The van der Waals surface area contributed by atoms with Gasteiger partial charge in [0.1, 0.15) is 0 Å². The van der Waals surface area contributed by atoms with Crippen LogP contribution in [0.1, 0.15) is 30.5 Å². The number of rotatable bonds is 4. The van der Waals surface area contributed by atoms with Crippen LogP contribution in [-0.4, -0.2) is 27.8 Å². The van der Waals surface area contributed by atoms with Gasteiger partial charge in [-0.3, -0.25) is 9.58 Å². The Morgan fingerprint density at radius 2 is 2.25 bits per heavy atom. The van der Waals surface area contributed by atoms with E-state index in [1.54, 1.807) is 0 Å². The van der Waals surface area contributed by atoms with Crippen molar-refractivity contribution in [3.05, 3.63) is 52.8 Å². The van der Waals surface area contributed by atoms with Gasteiger partial charge in [-0.05, 0) is 49.6 Å². The fraction of sp³-hybridized carbons (Fsp3) is 0.438. The molecule has 4 heteroatoms. The molecule has 1 saturated heterocycles. The molecule has 1 aliphatic rings. The number of nitrogens with zero attached hydrogens (tertiary/aromatic N) is 3. The first kappa shape index (κ1) is 13.7. The molecule has 2 heterocycles. The average Bonchev–Trinajstić information content (AvgIpc) is 3.08. The smallest absolute Gasteiger partial charge is 0.0764 e. The first-order chi connectivity index (χ1) is 9.74. The number of benzene rings is 1. The van der Waals surface area contributed by atoms with Crippen molar-refractivity contribution in [3.8, 4) is 0 Å². The zero-order valence-corrected chi connectivity index (χ0v) is 12.6. The molecular weight excluding hydrogens is 270 g/mol.